The Morgan fingerprint density at radius 3 is 2.55 bits per heavy atom. The molecule has 0 aliphatic heterocycles. The van der Waals surface area contributed by atoms with E-state index in [1.54, 1.807) is 10.8 Å². The first-order valence-electron chi connectivity index (χ1n) is 6.87. The van der Waals surface area contributed by atoms with Crippen molar-refractivity contribution < 1.29 is 9.90 Å². The second kappa shape index (κ2) is 5.90. The van der Waals surface area contributed by atoms with Gasteiger partial charge < -0.3 is 9.67 Å². The van der Waals surface area contributed by atoms with Crippen LogP contribution in [0.3, 0.4) is 0 Å². The van der Waals surface area contributed by atoms with Crippen molar-refractivity contribution in [1.82, 2.24) is 9.55 Å². The first kappa shape index (κ1) is 14.3. The zero-order chi connectivity index (χ0) is 14.7. The van der Waals surface area contributed by atoms with Crippen LogP contribution in [0.4, 0.5) is 0 Å². The van der Waals surface area contributed by atoms with Crippen LogP contribution in [0.5, 0.6) is 0 Å². The van der Waals surface area contributed by atoms with Crippen LogP contribution < -0.4 is 0 Å². The Labute approximate surface area is 119 Å². The number of nitrogens with zero attached hydrogens (tertiary/aromatic N) is 2. The third-order valence-electron chi connectivity index (χ3n) is 3.67. The predicted octanol–water partition coefficient (Wildman–Crippen LogP) is 3.46. The van der Waals surface area contributed by atoms with E-state index in [1.165, 1.54) is 5.56 Å². The molecule has 106 valence electrons. The Kier molecular flexibility index (Phi) is 4.23. The van der Waals surface area contributed by atoms with E-state index in [1.807, 2.05) is 19.1 Å². The van der Waals surface area contributed by atoms with Crippen molar-refractivity contribution in [2.75, 3.05) is 0 Å². The van der Waals surface area contributed by atoms with Crippen LogP contribution in [-0.2, 0) is 11.3 Å². The van der Waals surface area contributed by atoms with Gasteiger partial charge in [-0.1, -0.05) is 38.1 Å². The highest BCUT2D eigenvalue weighted by atomic mass is 16.4. The Morgan fingerprint density at radius 1 is 1.35 bits per heavy atom. The number of carboxylic acid groups (broad SMARTS) is 1. The van der Waals surface area contributed by atoms with Crippen molar-refractivity contribution in [2.24, 2.45) is 0 Å². The normalized spacial score (nSPS) is 12.3. The van der Waals surface area contributed by atoms with Gasteiger partial charge in [0.2, 0.25) is 0 Å². The lowest BCUT2D eigenvalue weighted by Gasteiger charge is -2.08. The van der Waals surface area contributed by atoms with Gasteiger partial charge in [0.1, 0.15) is 12.4 Å². The Balaban J connectivity index is 2.25. The zero-order valence-electron chi connectivity index (χ0n) is 12.1. The number of rotatable bonds is 5. The fourth-order valence-corrected chi connectivity index (χ4v) is 2.17. The van der Waals surface area contributed by atoms with Crippen molar-refractivity contribution in [3.63, 3.8) is 0 Å². The summed E-state index contributed by atoms with van der Waals surface area (Å²) in [6.07, 6.45) is 2.91. The van der Waals surface area contributed by atoms with Crippen LogP contribution in [0.25, 0.3) is 11.3 Å². The highest BCUT2D eigenvalue weighted by Crippen LogP contribution is 2.23. The molecule has 0 bridgehead atoms. The first-order valence-corrected chi connectivity index (χ1v) is 6.87. The van der Waals surface area contributed by atoms with Gasteiger partial charge in [-0.15, -0.1) is 0 Å². The average Bonchev–Trinajstić information content (AvgIpc) is 2.79. The van der Waals surface area contributed by atoms with Gasteiger partial charge in [-0.05, 0) is 24.8 Å². The molecule has 0 aliphatic carbocycles. The van der Waals surface area contributed by atoms with E-state index >= 15 is 0 Å². The Hall–Kier alpha value is -2.10. The molecule has 0 saturated carbocycles. The van der Waals surface area contributed by atoms with Gasteiger partial charge in [0, 0.05) is 11.8 Å². The lowest BCUT2D eigenvalue weighted by Crippen LogP contribution is -2.08. The second-order valence-electron chi connectivity index (χ2n) is 5.13. The molecule has 2 aromatic rings. The summed E-state index contributed by atoms with van der Waals surface area (Å²) in [7, 11) is 0. The molecule has 1 atom stereocenters. The highest BCUT2D eigenvalue weighted by molar-refractivity contribution is 5.67. The van der Waals surface area contributed by atoms with Crippen molar-refractivity contribution >= 4 is 5.97 Å². The number of imidazole rings is 1. The van der Waals surface area contributed by atoms with Crippen LogP contribution in [-0.4, -0.2) is 20.6 Å². The molecule has 0 aliphatic rings. The van der Waals surface area contributed by atoms with Gasteiger partial charge in [-0.25, -0.2) is 4.98 Å². The summed E-state index contributed by atoms with van der Waals surface area (Å²) in [5.74, 6) is 0.410. The number of carbonyl (C=O) groups is 1. The smallest absolute Gasteiger partial charge is 0.323 e. The van der Waals surface area contributed by atoms with Crippen LogP contribution in [0.2, 0.25) is 0 Å². The Morgan fingerprint density at radius 2 is 2.00 bits per heavy atom. The minimum atomic E-state index is -0.857. The number of aryl methyl sites for hydroxylation is 1. The average molecular weight is 272 g/mol. The molecular formula is C16H20N2O2. The van der Waals surface area contributed by atoms with E-state index in [-0.39, 0.29) is 6.54 Å². The lowest BCUT2D eigenvalue weighted by atomic mass is 9.97. The van der Waals surface area contributed by atoms with E-state index in [0.29, 0.717) is 11.7 Å². The summed E-state index contributed by atoms with van der Waals surface area (Å²) in [6, 6.07) is 8.34. The standard InChI is InChI=1S/C16H20N2O2/c1-4-11(2)13-5-7-14(8-6-13)15-9-18(10-16(19)20)12(3)17-15/h5-9,11H,4,10H2,1-3H3,(H,19,20). The van der Waals surface area contributed by atoms with Gasteiger partial charge >= 0.3 is 5.97 Å². The van der Waals surface area contributed by atoms with Crippen LogP contribution in [0.1, 0.15) is 37.6 Å². The third-order valence-corrected chi connectivity index (χ3v) is 3.67. The van der Waals surface area contributed by atoms with Crippen molar-refractivity contribution in [1.29, 1.82) is 0 Å². The molecule has 2 rings (SSSR count). The summed E-state index contributed by atoms with van der Waals surface area (Å²) in [5, 5.41) is 8.85. The van der Waals surface area contributed by atoms with E-state index in [0.717, 1.165) is 17.7 Å². The zero-order valence-corrected chi connectivity index (χ0v) is 12.1. The van der Waals surface area contributed by atoms with Gasteiger partial charge in [0.15, 0.2) is 0 Å². The van der Waals surface area contributed by atoms with Crippen molar-refractivity contribution in [3.8, 4) is 11.3 Å². The fraction of sp³-hybridized carbons (Fsp3) is 0.375. The van der Waals surface area contributed by atoms with Gasteiger partial charge in [-0.2, -0.15) is 0 Å². The van der Waals surface area contributed by atoms with E-state index in [2.05, 4.69) is 31.0 Å². The molecule has 1 heterocycles. The maximum atomic E-state index is 10.8. The minimum absolute atomic E-state index is 0.0518. The number of aromatic nitrogens is 2. The van der Waals surface area contributed by atoms with Crippen molar-refractivity contribution in [3.05, 3.63) is 41.9 Å². The maximum absolute atomic E-state index is 10.8. The minimum Gasteiger partial charge on any atom is -0.480 e. The van der Waals surface area contributed by atoms with E-state index < -0.39 is 5.97 Å². The highest BCUT2D eigenvalue weighted by Gasteiger charge is 2.09. The molecule has 0 spiro atoms. The summed E-state index contributed by atoms with van der Waals surface area (Å²) < 4.78 is 1.65. The molecule has 4 nitrogen and oxygen atoms in total. The maximum Gasteiger partial charge on any atom is 0.323 e. The number of benzene rings is 1. The molecule has 0 saturated heterocycles. The number of aliphatic carboxylic acids is 1. The lowest BCUT2D eigenvalue weighted by molar-refractivity contribution is -0.137. The SMILES string of the molecule is CCC(C)c1ccc(-c2cn(CC(=O)O)c(C)n2)cc1. The molecule has 0 radical (unpaired) electrons. The molecule has 1 aromatic heterocycles. The Bertz CT molecular complexity index is 599. The molecular weight excluding hydrogens is 252 g/mol. The molecule has 1 unspecified atom stereocenters. The second-order valence-corrected chi connectivity index (χ2v) is 5.13. The summed E-state index contributed by atoms with van der Waals surface area (Å²) in [6.45, 7) is 6.15. The molecule has 1 aromatic carbocycles. The summed E-state index contributed by atoms with van der Waals surface area (Å²) in [4.78, 5) is 15.2. The van der Waals surface area contributed by atoms with E-state index in [4.69, 9.17) is 5.11 Å². The van der Waals surface area contributed by atoms with Gasteiger partial charge in [0.25, 0.3) is 0 Å². The summed E-state index contributed by atoms with van der Waals surface area (Å²) >= 11 is 0. The largest absolute Gasteiger partial charge is 0.480 e. The number of hydrogen-bond donors (Lipinski definition) is 1. The fourth-order valence-electron chi connectivity index (χ4n) is 2.17. The van der Waals surface area contributed by atoms with Crippen LogP contribution in [0.15, 0.2) is 30.5 Å². The van der Waals surface area contributed by atoms with Crippen LogP contribution in [0, 0.1) is 6.92 Å². The van der Waals surface area contributed by atoms with Gasteiger partial charge in [-0.3, -0.25) is 4.79 Å². The monoisotopic (exact) mass is 272 g/mol. The molecule has 0 amide bonds. The topological polar surface area (TPSA) is 55.1 Å². The first-order chi connectivity index (χ1) is 9.51. The number of hydrogen-bond acceptors (Lipinski definition) is 2. The molecule has 1 N–H and O–H groups in total. The van der Waals surface area contributed by atoms with Crippen molar-refractivity contribution in [2.45, 2.75) is 39.7 Å². The number of carboxylic acids is 1. The molecule has 0 fully saturated rings. The molecule has 4 heteroatoms. The molecule has 20 heavy (non-hydrogen) atoms. The summed E-state index contributed by atoms with van der Waals surface area (Å²) in [5.41, 5.74) is 3.15. The predicted molar refractivity (Wildman–Crippen MR) is 78.7 cm³/mol. The third kappa shape index (κ3) is 3.07. The van der Waals surface area contributed by atoms with Crippen LogP contribution >= 0.6 is 0 Å². The van der Waals surface area contributed by atoms with E-state index in [9.17, 15) is 4.79 Å². The quantitative estimate of drug-likeness (QED) is 0.907. The van der Waals surface area contributed by atoms with Gasteiger partial charge in [0.05, 0.1) is 5.69 Å².